The van der Waals surface area contributed by atoms with Crippen LogP contribution in [0, 0.1) is 0 Å². The summed E-state index contributed by atoms with van der Waals surface area (Å²) in [5.74, 6) is -0.217. The Labute approximate surface area is 85.4 Å². The largest absolute Gasteiger partial charge is 0.573 e. The summed E-state index contributed by atoms with van der Waals surface area (Å²) in [5, 5.41) is 2.78. The van der Waals surface area contributed by atoms with E-state index in [1.807, 2.05) is 0 Å². The van der Waals surface area contributed by atoms with Gasteiger partial charge in [0.15, 0.2) is 0 Å². The summed E-state index contributed by atoms with van der Waals surface area (Å²) >= 11 is 0. The van der Waals surface area contributed by atoms with Crippen LogP contribution in [0.15, 0.2) is 37.0 Å². The molecular formula is C10H10F3NO. The smallest absolute Gasteiger partial charge is 0.406 e. The maximum atomic E-state index is 11.9. The molecule has 82 valence electrons. The van der Waals surface area contributed by atoms with Gasteiger partial charge in [0, 0.05) is 6.54 Å². The highest BCUT2D eigenvalue weighted by atomic mass is 19.4. The number of alkyl halides is 3. The van der Waals surface area contributed by atoms with Crippen LogP contribution in [0.2, 0.25) is 0 Å². The van der Waals surface area contributed by atoms with Crippen LogP contribution >= 0.6 is 0 Å². The van der Waals surface area contributed by atoms with Crippen molar-refractivity contribution in [3.05, 3.63) is 42.6 Å². The Hall–Kier alpha value is -1.65. The molecule has 2 nitrogen and oxygen atoms in total. The van der Waals surface area contributed by atoms with Gasteiger partial charge in [0.1, 0.15) is 5.75 Å². The summed E-state index contributed by atoms with van der Waals surface area (Å²) in [5.41, 5.74) is 0.691. The summed E-state index contributed by atoms with van der Waals surface area (Å²) < 4.78 is 39.4. The Morgan fingerprint density at radius 2 is 2.13 bits per heavy atom. The lowest BCUT2D eigenvalue weighted by Crippen LogP contribution is -2.17. The number of halogens is 3. The molecule has 0 spiro atoms. The predicted octanol–water partition coefficient (Wildman–Crippen LogP) is 2.82. The predicted molar refractivity (Wildman–Crippen MR) is 50.2 cm³/mol. The van der Waals surface area contributed by atoms with Crippen LogP contribution in [0.4, 0.5) is 13.2 Å². The first kappa shape index (κ1) is 11.4. The number of hydrogen-bond acceptors (Lipinski definition) is 2. The van der Waals surface area contributed by atoms with Gasteiger partial charge in [-0.25, -0.2) is 0 Å². The molecule has 0 aliphatic carbocycles. The number of benzene rings is 1. The Morgan fingerprint density at radius 3 is 2.73 bits per heavy atom. The van der Waals surface area contributed by atoms with Gasteiger partial charge in [0.25, 0.3) is 0 Å². The highest BCUT2D eigenvalue weighted by Crippen LogP contribution is 2.23. The molecule has 15 heavy (non-hydrogen) atoms. The second-order valence-electron chi connectivity index (χ2n) is 2.78. The SMILES string of the molecule is C=CNCc1cccc(OC(F)(F)F)c1. The monoisotopic (exact) mass is 217 g/mol. The van der Waals surface area contributed by atoms with Gasteiger partial charge in [-0.05, 0) is 23.9 Å². The van der Waals surface area contributed by atoms with Crippen LogP contribution in [0.1, 0.15) is 5.56 Å². The molecule has 0 heterocycles. The molecule has 0 bridgehead atoms. The van der Waals surface area contributed by atoms with E-state index >= 15 is 0 Å². The fourth-order valence-electron chi connectivity index (χ4n) is 1.04. The van der Waals surface area contributed by atoms with E-state index in [1.165, 1.54) is 24.4 Å². The molecule has 0 radical (unpaired) electrons. The molecule has 1 aromatic rings. The zero-order valence-corrected chi connectivity index (χ0v) is 7.84. The lowest BCUT2D eigenvalue weighted by Gasteiger charge is -2.09. The van der Waals surface area contributed by atoms with E-state index in [9.17, 15) is 13.2 Å². The molecule has 5 heteroatoms. The van der Waals surface area contributed by atoms with E-state index in [0.717, 1.165) is 0 Å². The quantitative estimate of drug-likeness (QED) is 0.837. The third-order valence-electron chi connectivity index (χ3n) is 1.58. The number of nitrogens with one attached hydrogen (secondary N) is 1. The van der Waals surface area contributed by atoms with Crippen molar-refractivity contribution in [2.75, 3.05) is 0 Å². The second-order valence-corrected chi connectivity index (χ2v) is 2.78. The van der Waals surface area contributed by atoms with Gasteiger partial charge in [-0.2, -0.15) is 0 Å². The van der Waals surface area contributed by atoms with Crippen LogP contribution in [-0.4, -0.2) is 6.36 Å². The van der Waals surface area contributed by atoms with Gasteiger partial charge in [0.2, 0.25) is 0 Å². The standard InChI is InChI=1S/C10H10F3NO/c1-2-14-7-8-4-3-5-9(6-8)15-10(11,12)13/h2-6,14H,1,7H2. The molecule has 1 aromatic carbocycles. The number of ether oxygens (including phenoxy) is 1. The molecule has 0 atom stereocenters. The third-order valence-corrected chi connectivity index (χ3v) is 1.58. The van der Waals surface area contributed by atoms with E-state index in [4.69, 9.17) is 0 Å². The van der Waals surface area contributed by atoms with Crippen LogP contribution in [0.3, 0.4) is 0 Å². The molecule has 1 rings (SSSR count). The average molecular weight is 217 g/mol. The van der Waals surface area contributed by atoms with E-state index < -0.39 is 6.36 Å². The van der Waals surface area contributed by atoms with Crippen molar-refractivity contribution in [2.24, 2.45) is 0 Å². The fraction of sp³-hybridized carbons (Fsp3) is 0.200. The van der Waals surface area contributed by atoms with Gasteiger partial charge >= 0.3 is 6.36 Å². The molecular weight excluding hydrogens is 207 g/mol. The average Bonchev–Trinajstić information content (AvgIpc) is 2.12. The van der Waals surface area contributed by atoms with Crippen LogP contribution in [-0.2, 0) is 6.54 Å². The minimum atomic E-state index is -4.65. The van der Waals surface area contributed by atoms with Gasteiger partial charge in [-0.3, -0.25) is 0 Å². The van der Waals surface area contributed by atoms with Gasteiger partial charge in [0.05, 0.1) is 0 Å². The zero-order chi connectivity index (χ0) is 11.3. The first-order valence-corrected chi connectivity index (χ1v) is 4.20. The molecule has 0 saturated heterocycles. The molecule has 1 N–H and O–H groups in total. The summed E-state index contributed by atoms with van der Waals surface area (Å²) in [6, 6.07) is 5.77. The second kappa shape index (κ2) is 4.72. The van der Waals surface area contributed by atoms with E-state index in [1.54, 1.807) is 6.07 Å². The van der Waals surface area contributed by atoms with Crippen molar-refractivity contribution in [3.8, 4) is 5.75 Å². The van der Waals surface area contributed by atoms with E-state index in [-0.39, 0.29) is 5.75 Å². The Morgan fingerprint density at radius 1 is 1.40 bits per heavy atom. The van der Waals surface area contributed by atoms with Crippen molar-refractivity contribution >= 4 is 0 Å². The fourth-order valence-corrected chi connectivity index (χ4v) is 1.04. The molecule has 0 amide bonds. The highest BCUT2D eigenvalue weighted by Gasteiger charge is 2.30. The molecule has 0 aliphatic rings. The maximum absolute atomic E-state index is 11.9. The summed E-state index contributed by atoms with van der Waals surface area (Å²) in [7, 11) is 0. The van der Waals surface area contributed by atoms with Gasteiger partial charge in [-0.15, -0.1) is 13.2 Å². The third kappa shape index (κ3) is 4.39. The first-order chi connectivity index (χ1) is 7.01. The molecule has 0 fully saturated rings. The summed E-state index contributed by atoms with van der Waals surface area (Å²) in [6.45, 7) is 3.85. The molecule has 0 aromatic heterocycles. The Balaban J connectivity index is 2.69. The molecule has 0 unspecified atom stereocenters. The Bertz CT molecular complexity index is 336. The molecule has 0 saturated carbocycles. The lowest BCUT2D eigenvalue weighted by molar-refractivity contribution is -0.274. The van der Waals surface area contributed by atoms with Crippen molar-refractivity contribution in [1.29, 1.82) is 0 Å². The van der Waals surface area contributed by atoms with Crippen LogP contribution in [0.25, 0.3) is 0 Å². The summed E-state index contributed by atoms with van der Waals surface area (Å²) in [6.07, 6.45) is -3.18. The van der Waals surface area contributed by atoms with Crippen molar-refractivity contribution in [2.45, 2.75) is 12.9 Å². The maximum Gasteiger partial charge on any atom is 0.573 e. The lowest BCUT2D eigenvalue weighted by atomic mass is 10.2. The highest BCUT2D eigenvalue weighted by molar-refractivity contribution is 5.28. The summed E-state index contributed by atoms with van der Waals surface area (Å²) in [4.78, 5) is 0. The van der Waals surface area contributed by atoms with Crippen molar-refractivity contribution in [1.82, 2.24) is 5.32 Å². The number of rotatable bonds is 4. The number of hydrogen-bond donors (Lipinski definition) is 1. The van der Waals surface area contributed by atoms with Crippen LogP contribution in [0.5, 0.6) is 5.75 Å². The van der Waals surface area contributed by atoms with Crippen LogP contribution < -0.4 is 10.1 Å². The minimum absolute atomic E-state index is 0.217. The molecule has 0 aliphatic heterocycles. The van der Waals surface area contributed by atoms with Gasteiger partial charge < -0.3 is 10.1 Å². The van der Waals surface area contributed by atoms with Crippen molar-refractivity contribution in [3.63, 3.8) is 0 Å². The van der Waals surface area contributed by atoms with Gasteiger partial charge in [-0.1, -0.05) is 18.7 Å². The Kier molecular flexibility index (Phi) is 3.60. The van der Waals surface area contributed by atoms with E-state index in [2.05, 4.69) is 16.6 Å². The zero-order valence-electron chi connectivity index (χ0n) is 7.84. The normalized spacial score (nSPS) is 10.9. The minimum Gasteiger partial charge on any atom is -0.406 e. The first-order valence-electron chi connectivity index (χ1n) is 4.20. The van der Waals surface area contributed by atoms with Crippen molar-refractivity contribution < 1.29 is 17.9 Å². The van der Waals surface area contributed by atoms with E-state index in [0.29, 0.717) is 12.1 Å². The topological polar surface area (TPSA) is 21.3 Å².